The van der Waals surface area contributed by atoms with E-state index >= 15 is 0 Å². The highest BCUT2D eigenvalue weighted by Gasteiger charge is 2.32. The molecule has 0 spiro atoms. The van der Waals surface area contributed by atoms with Crippen LogP contribution in [0.3, 0.4) is 0 Å². The monoisotopic (exact) mass is 292 g/mol. The topological polar surface area (TPSA) is 64.8 Å². The minimum atomic E-state index is -0.356. The predicted octanol–water partition coefficient (Wildman–Crippen LogP) is 2.08. The van der Waals surface area contributed by atoms with Crippen molar-refractivity contribution in [3.8, 4) is 5.75 Å². The van der Waals surface area contributed by atoms with Gasteiger partial charge in [-0.15, -0.1) is 0 Å². The Kier molecular flexibility index (Phi) is 4.73. The van der Waals surface area contributed by atoms with E-state index < -0.39 is 0 Å². The zero-order valence-electron chi connectivity index (χ0n) is 13.0. The first-order valence-corrected chi connectivity index (χ1v) is 7.38. The van der Waals surface area contributed by atoms with Crippen molar-refractivity contribution < 1.29 is 14.3 Å². The number of anilines is 1. The van der Waals surface area contributed by atoms with Crippen molar-refractivity contribution >= 4 is 11.7 Å². The molecule has 0 aromatic heterocycles. The van der Waals surface area contributed by atoms with E-state index in [0.29, 0.717) is 19.7 Å². The third kappa shape index (κ3) is 3.88. The zero-order chi connectivity index (χ0) is 15.5. The molecule has 116 valence electrons. The molecular formula is C16H24N2O3. The lowest BCUT2D eigenvalue weighted by Gasteiger charge is -2.40. The summed E-state index contributed by atoms with van der Waals surface area (Å²) in [6.45, 7) is 7.81. The Morgan fingerprint density at radius 2 is 2.24 bits per heavy atom. The van der Waals surface area contributed by atoms with Crippen LogP contribution in [0.1, 0.15) is 32.8 Å². The molecule has 1 aliphatic rings. The fourth-order valence-electron chi connectivity index (χ4n) is 2.46. The fourth-order valence-corrected chi connectivity index (χ4v) is 2.46. The first-order valence-electron chi connectivity index (χ1n) is 7.38. The number of hydrogen-bond donors (Lipinski definition) is 1. The molecule has 1 aliphatic heterocycles. The van der Waals surface area contributed by atoms with Gasteiger partial charge in [-0.25, -0.2) is 0 Å². The number of nitrogens with zero attached hydrogens (tertiary/aromatic N) is 1. The standard InChI is InChI=1S/C16H24N2O3/c1-4-7-20-15(19)10-18-11-16(2,3)21-14-8-12(9-17)5-6-13(14)18/h5-6,8H,4,7,9-11,17H2,1-3H3. The molecule has 2 N–H and O–H groups in total. The van der Waals surface area contributed by atoms with Gasteiger partial charge in [0.05, 0.1) is 18.8 Å². The molecule has 0 saturated carbocycles. The molecule has 1 aromatic rings. The molecule has 5 nitrogen and oxygen atoms in total. The molecule has 5 heteroatoms. The van der Waals surface area contributed by atoms with Gasteiger partial charge in [-0.2, -0.15) is 0 Å². The van der Waals surface area contributed by atoms with Crippen molar-refractivity contribution in [2.45, 2.75) is 39.3 Å². The zero-order valence-corrected chi connectivity index (χ0v) is 13.0. The summed E-state index contributed by atoms with van der Waals surface area (Å²) in [5.41, 5.74) is 7.25. The van der Waals surface area contributed by atoms with Crippen molar-refractivity contribution in [2.24, 2.45) is 5.73 Å². The van der Waals surface area contributed by atoms with Crippen molar-refractivity contribution in [3.05, 3.63) is 23.8 Å². The summed E-state index contributed by atoms with van der Waals surface area (Å²) in [7, 11) is 0. The number of rotatable bonds is 5. The fraction of sp³-hybridized carbons (Fsp3) is 0.562. The van der Waals surface area contributed by atoms with E-state index in [1.807, 2.05) is 43.9 Å². The van der Waals surface area contributed by atoms with Gasteiger partial charge in [0.15, 0.2) is 0 Å². The van der Waals surface area contributed by atoms with Crippen LogP contribution in [0.4, 0.5) is 5.69 Å². The van der Waals surface area contributed by atoms with Gasteiger partial charge in [-0.05, 0) is 38.0 Å². The maximum absolute atomic E-state index is 11.9. The smallest absolute Gasteiger partial charge is 0.325 e. The Hall–Kier alpha value is -1.75. The van der Waals surface area contributed by atoms with Gasteiger partial charge in [0.2, 0.25) is 0 Å². The van der Waals surface area contributed by atoms with E-state index in [1.54, 1.807) is 0 Å². The van der Waals surface area contributed by atoms with E-state index in [-0.39, 0.29) is 18.1 Å². The molecule has 0 saturated heterocycles. The van der Waals surface area contributed by atoms with Gasteiger partial charge in [0.1, 0.15) is 17.9 Å². The number of hydrogen-bond acceptors (Lipinski definition) is 5. The molecule has 0 amide bonds. The van der Waals surface area contributed by atoms with E-state index in [2.05, 4.69) is 0 Å². The third-order valence-electron chi connectivity index (χ3n) is 3.35. The second-order valence-corrected chi connectivity index (χ2v) is 5.94. The summed E-state index contributed by atoms with van der Waals surface area (Å²) in [5.74, 6) is 0.570. The summed E-state index contributed by atoms with van der Waals surface area (Å²) >= 11 is 0. The number of ether oxygens (including phenoxy) is 2. The summed E-state index contributed by atoms with van der Waals surface area (Å²) in [5, 5.41) is 0. The first-order chi connectivity index (χ1) is 9.95. The second-order valence-electron chi connectivity index (χ2n) is 5.94. The summed E-state index contributed by atoms with van der Waals surface area (Å²) in [4.78, 5) is 13.9. The summed E-state index contributed by atoms with van der Waals surface area (Å²) < 4.78 is 11.2. The lowest BCUT2D eigenvalue weighted by atomic mass is 10.0. The Morgan fingerprint density at radius 1 is 1.48 bits per heavy atom. The van der Waals surface area contributed by atoms with Crippen LogP contribution in [-0.4, -0.2) is 31.3 Å². The molecule has 2 rings (SSSR count). The van der Waals surface area contributed by atoms with Crippen LogP contribution in [0.2, 0.25) is 0 Å². The number of carbonyl (C=O) groups excluding carboxylic acids is 1. The Bertz CT molecular complexity index is 514. The van der Waals surface area contributed by atoms with Gasteiger partial charge in [-0.3, -0.25) is 4.79 Å². The predicted molar refractivity (Wildman–Crippen MR) is 82.5 cm³/mol. The van der Waals surface area contributed by atoms with E-state index in [0.717, 1.165) is 23.4 Å². The Morgan fingerprint density at radius 3 is 2.90 bits per heavy atom. The largest absolute Gasteiger partial charge is 0.484 e. The van der Waals surface area contributed by atoms with Crippen molar-refractivity contribution in [1.29, 1.82) is 0 Å². The van der Waals surface area contributed by atoms with Gasteiger partial charge in [-0.1, -0.05) is 13.0 Å². The van der Waals surface area contributed by atoms with Crippen LogP contribution in [0.15, 0.2) is 18.2 Å². The third-order valence-corrected chi connectivity index (χ3v) is 3.35. The number of carbonyl (C=O) groups is 1. The van der Waals surface area contributed by atoms with E-state index in [4.69, 9.17) is 15.2 Å². The average molecular weight is 292 g/mol. The Labute approximate surface area is 126 Å². The molecule has 0 unspecified atom stereocenters. The van der Waals surface area contributed by atoms with Crippen molar-refractivity contribution in [1.82, 2.24) is 0 Å². The highest BCUT2D eigenvalue weighted by atomic mass is 16.5. The van der Waals surface area contributed by atoms with Crippen LogP contribution in [0.5, 0.6) is 5.75 Å². The number of esters is 1. The molecule has 0 atom stereocenters. The summed E-state index contributed by atoms with van der Waals surface area (Å²) in [6, 6.07) is 5.87. The van der Waals surface area contributed by atoms with Gasteiger partial charge in [0.25, 0.3) is 0 Å². The number of benzene rings is 1. The molecule has 0 radical (unpaired) electrons. The lowest BCUT2D eigenvalue weighted by molar-refractivity contribution is -0.142. The van der Waals surface area contributed by atoms with E-state index in [9.17, 15) is 4.79 Å². The second kappa shape index (κ2) is 6.35. The van der Waals surface area contributed by atoms with Crippen molar-refractivity contribution in [2.75, 3.05) is 24.6 Å². The molecule has 0 fully saturated rings. The van der Waals surface area contributed by atoms with E-state index in [1.165, 1.54) is 0 Å². The lowest BCUT2D eigenvalue weighted by Crippen LogP contribution is -2.48. The molecule has 1 aromatic carbocycles. The molecule has 21 heavy (non-hydrogen) atoms. The van der Waals surface area contributed by atoms with Crippen LogP contribution >= 0.6 is 0 Å². The highest BCUT2D eigenvalue weighted by molar-refractivity contribution is 5.77. The van der Waals surface area contributed by atoms with Crippen molar-refractivity contribution in [3.63, 3.8) is 0 Å². The van der Waals surface area contributed by atoms with Crippen LogP contribution in [-0.2, 0) is 16.1 Å². The van der Waals surface area contributed by atoms with Gasteiger partial charge in [0, 0.05) is 6.54 Å². The van der Waals surface area contributed by atoms with Crippen LogP contribution in [0, 0.1) is 0 Å². The average Bonchev–Trinajstić information content (AvgIpc) is 2.43. The Balaban J connectivity index is 2.20. The van der Waals surface area contributed by atoms with Gasteiger partial charge >= 0.3 is 5.97 Å². The van der Waals surface area contributed by atoms with Crippen LogP contribution < -0.4 is 15.4 Å². The summed E-state index contributed by atoms with van der Waals surface area (Å²) in [6.07, 6.45) is 0.830. The first kappa shape index (κ1) is 15.6. The molecule has 0 bridgehead atoms. The number of fused-ring (bicyclic) bond motifs is 1. The van der Waals surface area contributed by atoms with Crippen LogP contribution in [0.25, 0.3) is 0 Å². The normalized spacial score (nSPS) is 16.1. The maximum Gasteiger partial charge on any atom is 0.325 e. The minimum absolute atomic E-state index is 0.205. The molecule has 0 aliphatic carbocycles. The highest BCUT2D eigenvalue weighted by Crippen LogP contribution is 2.37. The minimum Gasteiger partial charge on any atom is -0.484 e. The van der Waals surface area contributed by atoms with Gasteiger partial charge < -0.3 is 20.1 Å². The molecular weight excluding hydrogens is 268 g/mol. The molecule has 1 heterocycles. The SMILES string of the molecule is CCCOC(=O)CN1CC(C)(C)Oc2cc(CN)ccc21. The maximum atomic E-state index is 11.9. The number of nitrogens with two attached hydrogens (primary N) is 1. The quantitative estimate of drug-likeness (QED) is 0.842.